The van der Waals surface area contributed by atoms with Crippen LogP contribution in [0.1, 0.15) is 19.4 Å². The molecule has 0 N–H and O–H groups in total. The third kappa shape index (κ3) is 2.90. The summed E-state index contributed by atoms with van der Waals surface area (Å²) in [5.41, 5.74) is 3.13. The Kier molecular flexibility index (Phi) is 3.99. The number of rotatable bonds is 4. The van der Waals surface area contributed by atoms with Gasteiger partial charge in [-0.1, -0.05) is 43.6 Å². The van der Waals surface area contributed by atoms with Crippen LogP contribution in [0.2, 0.25) is 5.02 Å². The van der Waals surface area contributed by atoms with Crippen LogP contribution in [0.5, 0.6) is 0 Å². The molecule has 0 fully saturated rings. The van der Waals surface area contributed by atoms with Crippen LogP contribution in [0.25, 0.3) is 22.6 Å². The van der Waals surface area contributed by atoms with Crippen molar-refractivity contribution in [3.05, 3.63) is 53.1 Å². The van der Waals surface area contributed by atoms with Crippen molar-refractivity contribution in [1.82, 2.24) is 4.98 Å². The molecule has 3 aromatic rings. The summed E-state index contributed by atoms with van der Waals surface area (Å²) in [4.78, 5) is 16.3. The maximum atomic E-state index is 11.9. The fourth-order valence-corrected chi connectivity index (χ4v) is 2.45. The third-order valence-electron chi connectivity index (χ3n) is 3.58. The zero-order chi connectivity index (χ0) is 15.7. The Morgan fingerprint density at radius 3 is 2.73 bits per heavy atom. The number of hydrogen-bond acceptors (Lipinski definition) is 3. The molecule has 1 aromatic heterocycles. The highest BCUT2D eigenvalue weighted by molar-refractivity contribution is 6.33. The van der Waals surface area contributed by atoms with Gasteiger partial charge in [0, 0.05) is 12.3 Å². The topological polar surface area (TPSA) is 43.1 Å². The van der Waals surface area contributed by atoms with E-state index in [1.807, 2.05) is 50.2 Å². The normalized spacial score (nSPS) is 11.3. The summed E-state index contributed by atoms with van der Waals surface area (Å²) in [6.45, 7) is 3.82. The third-order valence-corrected chi connectivity index (χ3v) is 3.91. The summed E-state index contributed by atoms with van der Waals surface area (Å²) in [5.74, 6) is 0.738. The van der Waals surface area contributed by atoms with Crippen LogP contribution in [-0.4, -0.2) is 10.8 Å². The number of oxazole rings is 1. The summed E-state index contributed by atoms with van der Waals surface area (Å²) < 4.78 is 5.81. The lowest BCUT2D eigenvalue weighted by atomic mass is 10.0. The fourth-order valence-electron chi connectivity index (χ4n) is 2.23. The number of hydrogen-bond donors (Lipinski definition) is 0. The number of halogens is 1. The van der Waals surface area contributed by atoms with Crippen molar-refractivity contribution in [3.63, 3.8) is 0 Å². The van der Waals surface area contributed by atoms with E-state index in [0.717, 1.165) is 16.6 Å². The second-order valence-electron chi connectivity index (χ2n) is 5.60. The highest BCUT2D eigenvalue weighted by atomic mass is 35.5. The molecule has 0 saturated heterocycles. The Morgan fingerprint density at radius 1 is 1.23 bits per heavy atom. The van der Waals surface area contributed by atoms with Crippen LogP contribution in [-0.2, 0) is 11.2 Å². The van der Waals surface area contributed by atoms with Gasteiger partial charge in [-0.3, -0.25) is 4.79 Å². The second-order valence-corrected chi connectivity index (χ2v) is 6.01. The predicted molar refractivity (Wildman–Crippen MR) is 88.0 cm³/mol. The van der Waals surface area contributed by atoms with Gasteiger partial charge in [-0.15, -0.1) is 0 Å². The lowest BCUT2D eigenvalue weighted by Crippen LogP contribution is -2.09. The molecule has 0 saturated carbocycles. The average molecular weight is 314 g/mol. The first-order valence-corrected chi connectivity index (χ1v) is 7.59. The molecule has 1 heterocycles. The molecule has 3 rings (SSSR count). The Balaban J connectivity index is 1.97. The minimum absolute atomic E-state index is 0.0316. The van der Waals surface area contributed by atoms with Crippen molar-refractivity contribution >= 4 is 28.5 Å². The summed E-state index contributed by atoms with van der Waals surface area (Å²) in [5, 5.41) is 0.601. The molecule has 3 nitrogen and oxygen atoms in total. The van der Waals surface area contributed by atoms with E-state index < -0.39 is 0 Å². The number of nitrogens with zero attached hydrogens (tertiary/aromatic N) is 1. The van der Waals surface area contributed by atoms with Crippen LogP contribution in [0.3, 0.4) is 0 Å². The number of carbonyl (C=O) groups is 1. The van der Waals surface area contributed by atoms with E-state index >= 15 is 0 Å². The van der Waals surface area contributed by atoms with Gasteiger partial charge in [-0.25, -0.2) is 4.98 Å². The number of Topliss-reactive ketones (excluding diaryl/α,β-unsaturated/α-hetero) is 1. The molecule has 2 aromatic carbocycles. The molecule has 0 atom stereocenters. The van der Waals surface area contributed by atoms with Crippen LogP contribution in [0.4, 0.5) is 0 Å². The molecule has 0 aliphatic rings. The molecule has 22 heavy (non-hydrogen) atoms. The predicted octanol–water partition coefficient (Wildman–Crippen LogP) is 4.92. The van der Waals surface area contributed by atoms with E-state index in [2.05, 4.69) is 4.98 Å². The van der Waals surface area contributed by atoms with E-state index in [4.69, 9.17) is 16.0 Å². The lowest BCUT2D eigenvalue weighted by Gasteiger charge is -2.03. The van der Waals surface area contributed by atoms with Gasteiger partial charge in [-0.2, -0.15) is 0 Å². The summed E-state index contributed by atoms with van der Waals surface area (Å²) in [7, 11) is 0. The first-order chi connectivity index (χ1) is 10.5. The molecule has 0 aliphatic heterocycles. The number of fused-ring (bicyclic) bond motifs is 1. The first kappa shape index (κ1) is 14.8. The Bertz CT molecular complexity index is 836. The van der Waals surface area contributed by atoms with Crippen LogP contribution in [0.15, 0.2) is 46.9 Å². The van der Waals surface area contributed by atoms with Crippen molar-refractivity contribution in [2.45, 2.75) is 20.3 Å². The van der Waals surface area contributed by atoms with Gasteiger partial charge in [0.25, 0.3) is 0 Å². The lowest BCUT2D eigenvalue weighted by molar-refractivity contribution is -0.121. The second kappa shape index (κ2) is 5.93. The smallest absolute Gasteiger partial charge is 0.228 e. The van der Waals surface area contributed by atoms with Crippen molar-refractivity contribution in [2.24, 2.45) is 5.92 Å². The quantitative estimate of drug-likeness (QED) is 0.687. The average Bonchev–Trinajstić information content (AvgIpc) is 2.90. The van der Waals surface area contributed by atoms with Gasteiger partial charge in [0.15, 0.2) is 5.58 Å². The molecule has 0 amide bonds. The standard InChI is InChI=1S/C18H16ClNO2/c1-11(2)16(21)9-12-7-8-15-17(10-12)22-18(20-15)13-5-3-4-6-14(13)19/h3-8,10-11H,9H2,1-2H3. The van der Waals surface area contributed by atoms with Crippen LogP contribution >= 0.6 is 11.6 Å². The highest BCUT2D eigenvalue weighted by Gasteiger charge is 2.13. The SMILES string of the molecule is CC(C)C(=O)Cc1ccc2nc(-c3ccccc3Cl)oc2c1. The van der Waals surface area contributed by atoms with Crippen LogP contribution in [0, 0.1) is 5.92 Å². The maximum Gasteiger partial charge on any atom is 0.228 e. The molecular weight excluding hydrogens is 298 g/mol. The number of benzene rings is 2. The fraction of sp³-hybridized carbons (Fsp3) is 0.222. The van der Waals surface area contributed by atoms with Gasteiger partial charge in [0.2, 0.25) is 5.89 Å². The number of carbonyl (C=O) groups excluding carboxylic acids is 1. The van der Waals surface area contributed by atoms with E-state index in [-0.39, 0.29) is 11.7 Å². The van der Waals surface area contributed by atoms with Crippen molar-refractivity contribution in [1.29, 1.82) is 0 Å². The Morgan fingerprint density at radius 2 is 2.00 bits per heavy atom. The minimum atomic E-state index is 0.0316. The maximum absolute atomic E-state index is 11.9. The van der Waals surface area contributed by atoms with Crippen LogP contribution < -0.4 is 0 Å². The van der Waals surface area contributed by atoms with Gasteiger partial charge < -0.3 is 4.42 Å². The summed E-state index contributed by atoms with van der Waals surface area (Å²) in [6.07, 6.45) is 0.412. The van der Waals surface area contributed by atoms with E-state index in [0.29, 0.717) is 22.9 Å². The number of aromatic nitrogens is 1. The zero-order valence-electron chi connectivity index (χ0n) is 12.5. The van der Waals surface area contributed by atoms with E-state index in [1.54, 1.807) is 6.07 Å². The molecule has 0 bridgehead atoms. The number of ketones is 1. The van der Waals surface area contributed by atoms with Gasteiger partial charge >= 0.3 is 0 Å². The van der Waals surface area contributed by atoms with Gasteiger partial charge in [0.1, 0.15) is 11.3 Å². The highest BCUT2D eigenvalue weighted by Crippen LogP contribution is 2.30. The van der Waals surface area contributed by atoms with Crippen molar-refractivity contribution < 1.29 is 9.21 Å². The van der Waals surface area contributed by atoms with Crippen molar-refractivity contribution in [3.8, 4) is 11.5 Å². The molecule has 0 aliphatic carbocycles. The Hall–Kier alpha value is -2.13. The first-order valence-electron chi connectivity index (χ1n) is 7.21. The summed E-state index contributed by atoms with van der Waals surface area (Å²) >= 11 is 6.18. The van der Waals surface area contributed by atoms with Gasteiger partial charge in [-0.05, 0) is 29.8 Å². The minimum Gasteiger partial charge on any atom is -0.436 e. The Labute approximate surface area is 133 Å². The molecule has 0 radical (unpaired) electrons. The molecule has 0 spiro atoms. The van der Waals surface area contributed by atoms with E-state index in [1.165, 1.54) is 0 Å². The molecule has 0 unspecified atom stereocenters. The molecule has 112 valence electrons. The summed E-state index contributed by atoms with van der Waals surface area (Å²) in [6, 6.07) is 13.1. The molecule has 4 heteroatoms. The monoisotopic (exact) mass is 313 g/mol. The van der Waals surface area contributed by atoms with Gasteiger partial charge in [0.05, 0.1) is 10.6 Å². The molecular formula is C18H16ClNO2. The zero-order valence-corrected chi connectivity index (χ0v) is 13.2. The van der Waals surface area contributed by atoms with E-state index in [9.17, 15) is 4.79 Å². The van der Waals surface area contributed by atoms with Crippen molar-refractivity contribution in [2.75, 3.05) is 0 Å². The largest absolute Gasteiger partial charge is 0.436 e.